The van der Waals surface area contributed by atoms with Crippen molar-refractivity contribution in [1.82, 2.24) is 19.9 Å². The van der Waals surface area contributed by atoms with Crippen molar-refractivity contribution in [3.63, 3.8) is 0 Å². The van der Waals surface area contributed by atoms with Crippen LogP contribution in [0.4, 0.5) is 16.2 Å². The number of aromatic nitrogens is 4. The molecule has 9 nitrogen and oxygen atoms in total. The van der Waals surface area contributed by atoms with Crippen LogP contribution in [0, 0.1) is 5.82 Å². The smallest absolute Gasteiger partial charge is 0.238 e. The molecular weight excluding hydrogens is 519 g/mol. The molecule has 0 saturated heterocycles. The van der Waals surface area contributed by atoms with Crippen molar-refractivity contribution in [3.8, 4) is 17.1 Å². The number of rotatable bonds is 9. The Morgan fingerprint density at radius 2 is 1.79 bits per heavy atom. The highest BCUT2D eigenvalue weighted by molar-refractivity contribution is 7.91. The van der Waals surface area contributed by atoms with Crippen LogP contribution in [0.3, 0.4) is 0 Å². The number of sulfonamides is 1. The summed E-state index contributed by atoms with van der Waals surface area (Å²) >= 11 is 0. The number of methoxy groups -OCH3 is 1. The molecule has 0 bridgehead atoms. The summed E-state index contributed by atoms with van der Waals surface area (Å²) in [5, 5.41) is 3.48. The second-order valence-electron chi connectivity index (χ2n) is 9.67. The van der Waals surface area contributed by atoms with Crippen molar-refractivity contribution in [3.05, 3.63) is 65.6 Å². The second kappa shape index (κ2) is 11.5. The number of halogens is 1. The van der Waals surface area contributed by atoms with Gasteiger partial charge in [0.15, 0.2) is 0 Å². The Kier molecular flexibility index (Phi) is 7.87. The minimum absolute atomic E-state index is 0.107. The SMILES string of the molecule is CCc1cc(-c2ccc(NS(=O)(=O)Cc3ccc(F)cc3)nc2OC)nc2cnc(NC3CCCCC3)nc12. The maximum Gasteiger partial charge on any atom is 0.238 e. The summed E-state index contributed by atoms with van der Waals surface area (Å²) in [7, 11) is -2.32. The molecule has 204 valence electrons. The van der Waals surface area contributed by atoms with E-state index in [1.165, 1.54) is 50.6 Å². The predicted octanol–water partition coefficient (Wildman–Crippen LogP) is 5.48. The first-order valence-electron chi connectivity index (χ1n) is 13.1. The first kappa shape index (κ1) is 26.7. The molecule has 1 aliphatic carbocycles. The molecule has 3 aromatic heterocycles. The van der Waals surface area contributed by atoms with Crippen molar-refractivity contribution in [2.45, 2.75) is 57.2 Å². The van der Waals surface area contributed by atoms with Gasteiger partial charge in [-0.25, -0.2) is 27.8 Å². The Morgan fingerprint density at radius 3 is 2.51 bits per heavy atom. The normalized spacial score (nSPS) is 14.3. The number of aryl methyl sites for hydroxylation is 1. The molecule has 2 N–H and O–H groups in total. The maximum atomic E-state index is 13.2. The number of hydrogen-bond donors (Lipinski definition) is 2. The predicted molar refractivity (Wildman–Crippen MR) is 150 cm³/mol. The minimum atomic E-state index is -3.79. The fourth-order valence-electron chi connectivity index (χ4n) is 4.84. The van der Waals surface area contributed by atoms with E-state index < -0.39 is 15.8 Å². The lowest BCUT2D eigenvalue weighted by atomic mass is 9.96. The van der Waals surface area contributed by atoms with Gasteiger partial charge in [0.1, 0.15) is 17.2 Å². The Bertz CT molecular complexity index is 1570. The summed E-state index contributed by atoms with van der Waals surface area (Å²) in [5.41, 5.74) is 4.16. The van der Waals surface area contributed by atoms with Gasteiger partial charge in [0.2, 0.25) is 21.9 Å². The Balaban J connectivity index is 1.40. The van der Waals surface area contributed by atoms with Crippen LogP contribution in [-0.2, 0) is 22.2 Å². The average molecular weight is 551 g/mol. The van der Waals surface area contributed by atoms with Crippen LogP contribution >= 0.6 is 0 Å². The summed E-state index contributed by atoms with van der Waals surface area (Å²) in [5.74, 6) is 0.208. The van der Waals surface area contributed by atoms with Gasteiger partial charge in [-0.1, -0.05) is 38.3 Å². The van der Waals surface area contributed by atoms with Crippen molar-refractivity contribution in [1.29, 1.82) is 0 Å². The van der Waals surface area contributed by atoms with Crippen molar-refractivity contribution in [2.24, 2.45) is 0 Å². The molecule has 0 atom stereocenters. The number of fused-ring (bicyclic) bond motifs is 1. The highest BCUT2D eigenvalue weighted by atomic mass is 32.2. The van der Waals surface area contributed by atoms with Crippen LogP contribution in [0.25, 0.3) is 22.3 Å². The third-order valence-electron chi connectivity index (χ3n) is 6.80. The summed E-state index contributed by atoms with van der Waals surface area (Å²) in [6.07, 6.45) is 8.46. The molecule has 1 saturated carbocycles. The van der Waals surface area contributed by atoms with Gasteiger partial charge >= 0.3 is 0 Å². The van der Waals surface area contributed by atoms with E-state index in [-0.39, 0.29) is 17.5 Å². The fraction of sp³-hybridized carbons (Fsp3) is 0.357. The number of hydrogen-bond acceptors (Lipinski definition) is 8. The Hall–Kier alpha value is -3.86. The average Bonchev–Trinajstić information content (AvgIpc) is 2.94. The highest BCUT2D eigenvalue weighted by Gasteiger charge is 2.19. The number of nitrogens with zero attached hydrogens (tertiary/aromatic N) is 4. The van der Waals surface area contributed by atoms with Gasteiger partial charge in [-0.05, 0) is 60.7 Å². The number of benzene rings is 1. The van der Waals surface area contributed by atoms with E-state index in [0.29, 0.717) is 34.3 Å². The van der Waals surface area contributed by atoms with E-state index in [2.05, 4.69) is 26.9 Å². The van der Waals surface area contributed by atoms with E-state index in [1.807, 2.05) is 6.07 Å². The molecule has 1 aliphatic rings. The van der Waals surface area contributed by atoms with E-state index in [1.54, 1.807) is 18.3 Å². The van der Waals surface area contributed by atoms with E-state index in [9.17, 15) is 12.8 Å². The maximum absolute atomic E-state index is 13.2. The fourth-order valence-corrected chi connectivity index (χ4v) is 5.97. The zero-order valence-electron chi connectivity index (χ0n) is 21.9. The van der Waals surface area contributed by atoms with Gasteiger partial charge < -0.3 is 10.1 Å². The minimum Gasteiger partial charge on any atom is -0.480 e. The summed E-state index contributed by atoms with van der Waals surface area (Å²) < 4.78 is 46.5. The van der Waals surface area contributed by atoms with Gasteiger partial charge in [-0.3, -0.25) is 4.72 Å². The Morgan fingerprint density at radius 1 is 1.03 bits per heavy atom. The molecule has 4 aromatic rings. The molecule has 11 heteroatoms. The molecule has 0 aliphatic heterocycles. The highest BCUT2D eigenvalue weighted by Crippen LogP contribution is 2.32. The van der Waals surface area contributed by atoms with Crippen molar-refractivity contribution >= 4 is 32.8 Å². The van der Waals surface area contributed by atoms with Crippen LogP contribution < -0.4 is 14.8 Å². The Labute approximate surface area is 227 Å². The zero-order valence-corrected chi connectivity index (χ0v) is 22.8. The topological polar surface area (TPSA) is 119 Å². The molecule has 0 spiro atoms. The number of anilines is 2. The second-order valence-corrected chi connectivity index (χ2v) is 11.4. The van der Waals surface area contributed by atoms with Crippen LogP contribution in [0.2, 0.25) is 0 Å². The van der Waals surface area contributed by atoms with E-state index in [0.717, 1.165) is 30.3 Å². The van der Waals surface area contributed by atoms with Crippen molar-refractivity contribution < 1.29 is 17.5 Å². The van der Waals surface area contributed by atoms with Gasteiger partial charge in [0.05, 0.1) is 35.8 Å². The van der Waals surface area contributed by atoms with Gasteiger partial charge in [0.25, 0.3) is 0 Å². The van der Waals surface area contributed by atoms with Crippen LogP contribution in [0.15, 0.2) is 48.7 Å². The van der Waals surface area contributed by atoms with Crippen molar-refractivity contribution in [2.75, 3.05) is 17.1 Å². The third-order valence-corrected chi connectivity index (χ3v) is 8.04. The zero-order chi connectivity index (χ0) is 27.4. The molecule has 5 rings (SSSR count). The molecular formula is C28H31FN6O3S. The third kappa shape index (κ3) is 6.42. The molecule has 0 unspecified atom stereocenters. The van der Waals surface area contributed by atoms with Gasteiger partial charge in [-0.2, -0.15) is 4.98 Å². The molecule has 1 aromatic carbocycles. The lowest BCUT2D eigenvalue weighted by Crippen LogP contribution is -2.23. The molecule has 0 radical (unpaired) electrons. The van der Waals surface area contributed by atoms with Gasteiger partial charge in [0, 0.05) is 6.04 Å². The lowest BCUT2D eigenvalue weighted by Gasteiger charge is -2.22. The first-order valence-corrected chi connectivity index (χ1v) is 14.7. The van der Waals surface area contributed by atoms with Crippen LogP contribution in [0.1, 0.15) is 50.2 Å². The largest absolute Gasteiger partial charge is 0.480 e. The summed E-state index contributed by atoms with van der Waals surface area (Å²) in [4.78, 5) is 18.4. The standard InChI is InChI=1S/C28H31FN6O3S/c1-3-19-15-23(32-24-16-30-28(34-26(19)24)31-21-7-5-4-6-8-21)22-13-14-25(33-27(22)38-2)35-39(36,37)17-18-9-11-20(29)12-10-18/h9-16,21H,3-8,17H2,1-2H3,(H,33,35)(H,30,31,34). The van der Waals surface area contributed by atoms with E-state index >= 15 is 0 Å². The number of ether oxygens (including phenoxy) is 1. The van der Waals surface area contributed by atoms with Gasteiger partial charge in [-0.15, -0.1) is 0 Å². The monoisotopic (exact) mass is 550 g/mol. The van der Waals surface area contributed by atoms with E-state index in [4.69, 9.17) is 14.7 Å². The van der Waals surface area contributed by atoms with Crippen LogP contribution in [0.5, 0.6) is 5.88 Å². The quantitative estimate of drug-likeness (QED) is 0.281. The number of nitrogens with one attached hydrogen (secondary N) is 2. The summed E-state index contributed by atoms with van der Waals surface area (Å²) in [6.45, 7) is 2.06. The summed E-state index contributed by atoms with van der Waals surface area (Å²) in [6, 6.07) is 10.9. The molecule has 3 heterocycles. The molecule has 1 fully saturated rings. The number of pyridine rings is 2. The lowest BCUT2D eigenvalue weighted by molar-refractivity contribution is 0.400. The first-order chi connectivity index (χ1) is 18.8. The molecule has 39 heavy (non-hydrogen) atoms. The van der Waals surface area contributed by atoms with Crippen LogP contribution in [-0.4, -0.2) is 41.5 Å². The molecule has 0 amide bonds.